The van der Waals surface area contributed by atoms with Crippen LogP contribution in [0.15, 0.2) is 59.5 Å². The number of hydrogen-bond acceptors (Lipinski definition) is 3. The van der Waals surface area contributed by atoms with Crippen LogP contribution in [0.3, 0.4) is 0 Å². The average Bonchev–Trinajstić information content (AvgIpc) is 2.65. The van der Waals surface area contributed by atoms with E-state index in [1.807, 2.05) is 31.2 Å². The molecule has 0 bridgehead atoms. The molecule has 0 saturated heterocycles. The summed E-state index contributed by atoms with van der Waals surface area (Å²) >= 11 is 6.07. The second kappa shape index (κ2) is 7.54. The van der Waals surface area contributed by atoms with Crippen LogP contribution >= 0.6 is 11.6 Å². The Labute approximate surface area is 156 Å². The standard InChI is InChI=1S/C20H18ClN3O2/c1-3-14-5-8-16(9-6-14)24-11-10-18(25)19(23-24)20(26)22-15-7-4-13(2)17(21)12-15/h4-12H,3H2,1-2H3,(H,22,26). The van der Waals surface area contributed by atoms with Gasteiger partial charge in [0.15, 0.2) is 5.69 Å². The molecule has 0 aliphatic heterocycles. The van der Waals surface area contributed by atoms with Crippen molar-refractivity contribution in [2.24, 2.45) is 0 Å². The first-order valence-electron chi connectivity index (χ1n) is 8.24. The van der Waals surface area contributed by atoms with Crippen molar-refractivity contribution in [2.75, 3.05) is 5.32 Å². The Balaban J connectivity index is 1.90. The van der Waals surface area contributed by atoms with Gasteiger partial charge in [-0.2, -0.15) is 5.10 Å². The van der Waals surface area contributed by atoms with Crippen molar-refractivity contribution in [3.05, 3.63) is 86.8 Å². The fourth-order valence-corrected chi connectivity index (χ4v) is 2.63. The minimum absolute atomic E-state index is 0.177. The number of nitrogens with one attached hydrogen (secondary N) is 1. The maximum absolute atomic E-state index is 12.5. The number of rotatable bonds is 4. The quantitative estimate of drug-likeness (QED) is 0.757. The summed E-state index contributed by atoms with van der Waals surface area (Å²) in [4.78, 5) is 24.6. The van der Waals surface area contributed by atoms with Gasteiger partial charge in [0.25, 0.3) is 5.91 Å². The molecule has 0 spiro atoms. The lowest BCUT2D eigenvalue weighted by Gasteiger charge is -2.09. The van der Waals surface area contributed by atoms with E-state index in [1.165, 1.54) is 16.3 Å². The molecule has 1 amide bonds. The number of carbonyl (C=O) groups is 1. The summed E-state index contributed by atoms with van der Waals surface area (Å²) in [6, 6.07) is 14.3. The molecule has 1 aromatic heterocycles. The highest BCUT2D eigenvalue weighted by Gasteiger charge is 2.14. The maximum atomic E-state index is 12.5. The van der Waals surface area contributed by atoms with Gasteiger partial charge in [0.1, 0.15) is 0 Å². The molecule has 0 unspecified atom stereocenters. The summed E-state index contributed by atoms with van der Waals surface area (Å²) in [7, 11) is 0. The molecule has 3 rings (SSSR count). The third-order valence-electron chi connectivity index (χ3n) is 4.06. The first kappa shape index (κ1) is 17.9. The molecule has 1 N–H and O–H groups in total. The van der Waals surface area contributed by atoms with Gasteiger partial charge < -0.3 is 5.32 Å². The zero-order chi connectivity index (χ0) is 18.7. The van der Waals surface area contributed by atoms with Crippen molar-refractivity contribution in [3.8, 4) is 5.69 Å². The van der Waals surface area contributed by atoms with Crippen molar-refractivity contribution >= 4 is 23.2 Å². The van der Waals surface area contributed by atoms with E-state index in [0.29, 0.717) is 10.7 Å². The Morgan fingerprint density at radius 1 is 1.15 bits per heavy atom. The van der Waals surface area contributed by atoms with Crippen LogP contribution < -0.4 is 10.7 Å². The van der Waals surface area contributed by atoms with Crippen LogP contribution in [-0.4, -0.2) is 15.7 Å². The molecule has 6 heteroatoms. The van der Waals surface area contributed by atoms with Crippen molar-refractivity contribution in [2.45, 2.75) is 20.3 Å². The molecular weight excluding hydrogens is 350 g/mol. The van der Waals surface area contributed by atoms with Gasteiger partial charge in [-0.25, -0.2) is 4.68 Å². The number of hydrogen-bond donors (Lipinski definition) is 1. The Bertz CT molecular complexity index is 1010. The van der Waals surface area contributed by atoms with Gasteiger partial charge in [0.05, 0.1) is 5.69 Å². The lowest BCUT2D eigenvalue weighted by Crippen LogP contribution is -2.25. The average molecular weight is 368 g/mol. The van der Waals surface area contributed by atoms with Crippen molar-refractivity contribution in [1.29, 1.82) is 0 Å². The van der Waals surface area contributed by atoms with E-state index in [0.717, 1.165) is 17.7 Å². The highest BCUT2D eigenvalue weighted by Crippen LogP contribution is 2.20. The summed E-state index contributed by atoms with van der Waals surface area (Å²) < 4.78 is 1.51. The normalized spacial score (nSPS) is 10.6. The molecule has 132 valence electrons. The number of aryl methyl sites for hydroxylation is 2. The van der Waals surface area contributed by atoms with Gasteiger partial charge in [-0.15, -0.1) is 0 Å². The van der Waals surface area contributed by atoms with Crippen LogP contribution in [0.25, 0.3) is 5.69 Å². The molecular formula is C20H18ClN3O2. The summed E-state index contributed by atoms with van der Waals surface area (Å²) in [6.45, 7) is 3.95. The number of halogens is 1. The highest BCUT2D eigenvalue weighted by molar-refractivity contribution is 6.31. The predicted molar refractivity (Wildman–Crippen MR) is 103 cm³/mol. The Hall–Kier alpha value is -2.92. The van der Waals surface area contributed by atoms with Crippen LogP contribution in [-0.2, 0) is 6.42 Å². The number of anilines is 1. The fourth-order valence-electron chi connectivity index (χ4n) is 2.45. The molecule has 0 radical (unpaired) electrons. The Kier molecular flexibility index (Phi) is 5.19. The lowest BCUT2D eigenvalue weighted by atomic mass is 10.1. The molecule has 0 aliphatic carbocycles. The second-order valence-electron chi connectivity index (χ2n) is 5.91. The highest BCUT2D eigenvalue weighted by atomic mass is 35.5. The van der Waals surface area contributed by atoms with Crippen LogP contribution in [0.4, 0.5) is 5.69 Å². The summed E-state index contributed by atoms with van der Waals surface area (Å²) in [5.41, 5.74) is 2.76. The van der Waals surface area contributed by atoms with E-state index >= 15 is 0 Å². The fraction of sp³-hybridized carbons (Fsp3) is 0.150. The molecule has 3 aromatic rings. The van der Waals surface area contributed by atoms with Crippen molar-refractivity contribution in [3.63, 3.8) is 0 Å². The first-order chi connectivity index (χ1) is 12.5. The lowest BCUT2D eigenvalue weighted by molar-refractivity contribution is 0.101. The summed E-state index contributed by atoms with van der Waals surface area (Å²) in [5, 5.41) is 7.40. The number of carbonyl (C=O) groups excluding carboxylic acids is 1. The van der Waals surface area contributed by atoms with Gasteiger partial charge >= 0.3 is 0 Å². The van der Waals surface area contributed by atoms with Crippen molar-refractivity contribution < 1.29 is 4.79 Å². The Morgan fingerprint density at radius 2 is 1.88 bits per heavy atom. The second-order valence-corrected chi connectivity index (χ2v) is 6.32. The third-order valence-corrected chi connectivity index (χ3v) is 4.47. The summed E-state index contributed by atoms with van der Waals surface area (Å²) in [5.74, 6) is -0.575. The molecule has 0 fully saturated rings. The molecule has 1 heterocycles. The van der Waals surface area contributed by atoms with Gasteiger partial charge in [-0.05, 0) is 48.7 Å². The van der Waals surface area contributed by atoms with Crippen LogP contribution in [0.5, 0.6) is 0 Å². The largest absolute Gasteiger partial charge is 0.320 e. The molecule has 5 nitrogen and oxygen atoms in total. The molecule has 2 aromatic carbocycles. The van der Waals surface area contributed by atoms with E-state index in [9.17, 15) is 9.59 Å². The minimum atomic E-state index is -0.575. The van der Waals surface area contributed by atoms with E-state index in [-0.39, 0.29) is 5.69 Å². The smallest absolute Gasteiger partial charge is 0.280 e. The topological polar surface area (TPSA) is 64.0 Å². The molecule has 0 aliphatic rings. The van der Waals surface area contributed by atoms with E-state index in [4.69, 9.17) is 11.6 Å². The number of nitrogens with zero attached hydrogens (tertiary/aromatic N) is 2. The number of benzene rings is 2. The molecule has 0 atom stereocenters. The van der Waals surface area contributed by atoms with E-state index in [1.54, 1.807) is 24.4 Å². The predicted octanol–water partition coefficient (Wildman–Crippen LogP) is 4.01. The summed E-state index contributed by atoms with van der Waals surface area (Å²) in [6.07, 6.45) is 2.48. The van der Waals surface area contributed by atoms with E-state index in [2.05, 4.69) is 17.3 Å². The third kappa shape index (κ3) is 3.83. The van der Waals surface area contributed by atoms with Crippen molar-refractivity contribution in [1.82, 2.24) is 9.78 Å². The number of aromatic nitrogens is 2. The monoisotopic (exact) mass is 367 g/mol. The SMILES string of the molecule is CCc1ccc(-n2ccc(=O)c(C(=O)Nc3ccc(C)c(Cl)c3)n2)cc1. The van der Waals surface area contributed by atoms with Crippen LogP contribution in [0.2, 0.25) is 5.02 Å². The maximum Gasteiger partial charge on any atom is 0.280 e. The van der Waals surface area contributed by atoms with Gasteiger partial charge in [0.2, 0.25) is 5.43 Å². The van der Waals surface area contributed by atoms with Gasteiger partial charge in [-0.3, -0.25) is 9.59 Å². The molecule has 0 saturated carbocycles. The van der Waals surface area contributed by atoms with Crippen LogP contribution in [0.1, 0.15) is 28.5 Å². The first-order valence-corrected chi connectivity index (χ1v) is 8.62. The zero-order valence-electron chi connectivity index (χ0n) is 14.5. The Morgan fingerprint density at radius 3 is 2.54 bits per heavy atom. The van der Waals surface area contributed by atoms with Gasteiger partial charge in [-0.1, -0.05) is 36.7 Å². The minimum Gasteiger partial charge on any atom is -0.320 e. The molecule has 26 heavy (non-hydrogen) atoms. The van der Waals surface area contributed by atoms with Crippen LogP contribution in [0, 0.1) is 6.92 Å². The van der Waals surface area contributed by atoms with Gasteiger partial charge in [0, 0.05) is 23.0 Å². The zero-order valence-corrected chi connectivity index (χ0v) is 15.2. The number of amides is 1. The van der Waals surface area contributed by atoms with E-state index < -0.39 is 11.3 Å².